The van der Waals surface area contributed by atoms with Crippen LogP contribution in [-0.4, -0.2) is 57.3 Å². The largest absolute Gasteiger partial charge is 0.459 e. The lowest BCUT2D eigenvalue weighted by Crippen LogP contribution is -2.14. The molecule has 0 N–H and O–H groups in total. The summed E-state index contributed by atoms with van der Waals surface area (Å²) in [5.41, 5.74) is 3.67. The van der Waals surface area contributed by atoms with Gasteiger partial charge in [0.15, 0.2) is 0 Å². The van der Waals surface area contributed by atoms with Crippen molar-refractivity contribution in [1.29, 1.82) is 5.26 Å². The number of nitriles is 1. The van der Waals surface area contributed by atoms with E-state index < -0.39 is 5.97 Å². The third-order valence-electron chi connectivity index (χ3n) is 5.09. The number of para-hydroxylation sites is 1. The van der Waals surface area contributed by atoms with E-state index in [0.717, 1.165) is 27.7 Å². The van der Waals surface area contributed by atoms with Crippen molar-refractivity contribution in [1.82, 2.24) is 4.57 Å². The van der Waals surface area contributed by atoms with Crippen molar-refractivity contribution in [2.45, 2.75) is 0 Å². The van der Waals surface area contributed by atoms with Crippen molar-refractivity contribution >= 4 is 22.9 Å². The molecule has 0 aliphatic rings. The molecular weight excluding hydrogens is 420 g/mol. The first-order valence-electron chi connectivity index (χ1n) is 10.7. The van der Waals surface area contributed by atoms with Gasteiger partial charge in [-0.3, -0.25) is 0 Å². The molecule has 0 saturated heterocycles. The molecule has 172 valence electrons. The maximum atomic E-state index is 12.6. The first-order valence-corrected chi connectivity index (χ1v) is 10.7. The Balaban J connectivity index is 1.72. The second-order valence-electron chi connectivity index (χ2n) is 7.23. The number of methoxy groups -OCH3 is 1. The molecule has 33 heavy (non-hydrogen) atoms. The molecule has 1 heterocycles. The summed E-state index contributed by atoms with van der Waals surface area (Å²) in [6.07, 6.45) is 1.61. The van der Waals surface area contributed by atoms with Crippen LogP contribution >= 0.6 is 0 Å². The molecule has 0 saturated carbocycles. The molecule has 7 nitrogen and oxygen atoms in total. The quantitative estimate of drug-likeness (QED) is 0.180. The van der Waals surface area contributed by atoms with Gasteiger partial charge in [-0.05, 0) is 17.7 Å². The number of carbonyl (C=O) groups is 1. The number of hydrogen-bond acceptors (Lipinski definition) is 6. The van der Waals surface area contributed by atoms with Crippen LogP contribution in [0.15, 0.2) is 60.2 Å². The highest BCUT2D eigenvalue weighted by Gasteiger charge is 2.18. The molecule has 0 aliphatic heterocycles. The van der Waals surface area contributed by atoms with Gasteiger partial charge in [-0.1, -0.05) is 48.5 Å². The maximum absolute atomic E-state index is 12.6. The van der Waals surface area contributed by atoms with Gasteiger partial charge in [0.2, 0.25) is 0 Å². The Labute approximate surface area is 193 Å². The molecule has 0 radical (unpaired) electrons. The number of aryl methyl sites for hydroxylation is 1. The van der Waals surface area contributed by atoms with Gasteiger partial charge in [0.05, 0.1) is 38.7 Å². The van der Waals surface area contributed by atoms with Crippen molar-refractivity contribution < 1.29 is 23.7 Å². The van der Waals surface area contributed by atoms with Crippen LogP contribution < -0.4 is 0 Å². The Bertz CT molecular complexity index is 1130. The molecule has 2 aromatic carbocycles. The van der Waals surface area contributed by atoms with Crippen LogP contribution in [0.25, 0.3) is 28.2 Å². The van der Waals surface area contributed by atoms with E-state index in [1.54, 1.807) is 13.2 Å². The molecular formula is C26H28N2O5. The summed E-state index contributed by atoms with van der Waals surface area (Å²) in [6.45, 7) is 2.13. The van der Waals surface area contributed by atoms with Crippen LogP contribution in [0.4, 0.5) is 0 Å². The van der Waals surface area contributed by atoms with Gasteiger partial charge in [-0.25, -0.2) is 4.79 Å². The van der Waals surface area contributed by atoms with Crippen LogP contribution in [0.3, 0.4) is 0 Å². The number of esters is 1. The summed E-state index contributed by atoms with van der Waals surface area (Å²) in [7, 11) is 3.59. The van der Waals surface area contributed by atoms with Gasteiger partial charge in [-0.2, -0.15) is 5.26 Å². The topological polar surface area (TPSA) is 82.7 Å². The molecule has 0 fully saturated rings. The van der Waals surface area contributed by atoms with Gasteiger partial charge in [0.1, 0.15) is 18.2 Å². The average molecular weight is 449 g/mol. The molecule has 0 amide bonds. The van der Waals surface area contributed by atoms with Crippen LogP contribution in [-0.2, 0) is 30.8 Å². The Morgan fingerprint density at radius 1 is 0.939 bits per heavy atom. The van der Waals surface area contributed by atoms with E-state index in [0.29, 0.717) is 26.4 Å². The average Bonchev–Trinajstić information content (AvgIpc) is 3.13. The zero-order chi connectivity index (χ0) is 23.5. The first kappa shape index (κ1) is 24.2. The first-order chi connectivity index (χ1) is 16.2. The summed E-state index contributed by atoms with van der Waals surface area (Å²) in [4.78, 5) is 12.6. The minimum absolute atomic E-state index is 0.0526. The second kappa shape index (κ2) is 12.6. The number of hydrogen-bond donors (Lipinski definition) is 0. The van der Waals surface area contributed by atoms with E-state index in [4.69, 9.17) is 18.9 Å². The van der Waals surface area contributed by atoms with Crippen molar-refractivity contribution in [3.05, 3.63) is 65.7 Å². The van der Waals surface area contributed by atoms with E-state index in [-0.39, 0.29) is 18.8 Å². The molecule has 0 spiro atoms. The van der Waals surface area contributed by atoms with Gasteiger partial charge in [-0.15, -0.1) is 0 Å². The van der Waals surface area contributed by atoms with E-state index in [1.165, 1.54) is 0 Å². The Morgan fingerprint density at radius 2 is 1.58 bits per heavy atom. The maximum Gasteiger partial charge on any atom is 0.348 e. The lowest BCUT2D eigenvalue weighted by Gasteiger charge is -2.08. The minimum Gasteiger partial charge on any atom is -0.459 e. The fraction of sp³-hybridized carbons (Fsp3) is 0.308. The van der Waals surface area contributed by atoms with Crippen LogP contribution in [0, 0.1) is 11.3 Å². The number of fused-ring (bicyclic) bond motifs is 1. The number of nitrogens with zero attached hydrogens (tertiary/aromatic N) is 2. The highest BCUT2D eigenvalue weighted by molar-refractivity contribution is 6.04. The number of ether oxygens (including phenoxy) is 4. The number of aromatic nitrogens is 1. The molecule has 0 unspecified atom stereocenters. The molecule has 3 aromatic rings. The third-order valence-corrected chi connectivity index (χ3v) is 5.09. The van der Waals surface area contributed by atoms with Gasteiger partial charge in [0, 0.05) is 30.6 Å². The molecule has 7 heteroatoms. The normalized spacial score (nSPS) is 11.5. The SMILES string of the molecule is COCCOCCOCCOC(=O)/C(C#N)=C/c1c(-c2ccccc2)n(C)c2ccccc12. The monoisotopic (exact) mass is 448 g/mol. The van der Waals surface area contributed by atoms with E-state index in [1.807, 2.05) is 67.7 Å². The Kier molecular flexibility index (Phi) is 9.21. The van der Waals surface area contributed by atoms with Crippen LogP contribution in [0.1, 0.15) is 5.56 Å². The summed E-state index contributed by atoms with van der Waals surface area (Å²) in [6, 6.07) is 19.8. The zero-order valence-electron chi connectivity index (χ0n) is 19.0. The summed E-state index contributed by atoms with van der Waals surface area (Å²) >= 11 is 0. The molecule has 1 aromatic heterocycles. The molecule has 0 atom stereocenters. The second-order valence-corrected chi connectivity index (χ2v) is 7.23. The smallest absolute Gasteiger partial charge is 0.348 e. The molecule has 0 aliphatic carbocycles. The fourth-order valence-electron chi connectivity index (χ4n) is 3.53. The highest BCUT2D eigenvalue weighted by Crippen LogP contribution is 2.34. The number of rotatable bonds is 12. The standard InChI is InChI=1S/C26H28N2O5/c1-28-24-11-7-6-10-22(24)23(25(28)20-8-4-3-5-9-20)18-21(19-27)26(29)33-17-16-32-15-14-31-13-12-30-2/h3-11,18H,12-17H2,1-2H3/b21-18+. The van der Waals surface area contributed by atoms with Gasteiger partial charge in [0.25, 0.3) is 0 Å². The fourth-order valence-corrected chi connectivity index (χ4v) is 3.53. The summed E-state index contributed by atoms with van der Waals surface area (Å²) < 4.78 is 22.9. The molecule has 3 rings (SSSR count). The zero-order valence-corrected chi connectivity index (χ0v) is 19.0. The van der Waals surface area contributed by atoms with Crippen molar-refractivity contribution in [3.63, 3.8) is 0 Å². The van der Waals surface area contributed by atoms with Gasteiger partial charge < -0.3 is 23.5 Å². The predicted molar refractivity (Wildman–Crippen MR) is 126 cm³/mol. The number of carbonyl (C=O) groups excluding carboxylic acids is 1. The van der Waals surface area contributed by atoms with E-state index in [9.17, 15) is 10.1 Å². The van der Waals surface area contributed by atoms with Crippen LogP contribution in [0.2, 0.25) is 0 Å². The molecule has 0 bridgehead atoms. The Hall–Kier alpha value is -3.44. The van der Waals surface area contributed by atoms with E-state index >= 15 is 0 Å². The lowest BCUT2D eigenvalue weighted by atomic mass is 10.0. The van der Waals surface area contributed by atoms with Crippen molar-refractivity contribution in [2.24, 2.45) is 7.05 Å². The van der Waals surface area contributed by atoms with Crippen molar-refractivity contribution in [3.8, 4) is 17.3 Å². The van der Waals surface area contributed by atoms with Crippen LogP contribution in [0.5, 0.6) is 0 Å². The summed E-state index contributed by atoms with van der Waals surface area (Å²) in [5.74, 6) is -0.676. The van der Waals surface area contributed by atoms with Crippen molar-refractivity contribution in [2.75, 3.05) is 46.8 Å². The third kappa shape index (κ3) is 6.30. The van der Waals surface area contributed by atoms with Gasteiger partial charge >= 0.3 is 5.97 Å². The Morgan fingerprint density at radius 3 is 2.27 bits per heavy atom. The minimum atomic E-state index is -0.676. The lowest BCUT2D eigenvalue weighted by molar-refractivity contribution is -0.140. The predicted octanol–water partition coefficient (Wildman–Crippen LogP) is 3.98. The number of benzene rings is 2. The highest BCUT2D eigenvalue weighted by atomic mass is 16.6. The van der Waals surface area contributed by atoms with E-state index in [2.05, 4.69) is 4.57 Å². The summed E-state index contributed by atoms with van der Waals surface area (Å²) in [5, 5.41) is 10.6.